The number of carbonyl (C=O) groups is 1. The molecule has 5 nitrogen and oxygen atoms in total. The van der Waals surface area contributed by atoms with Crippen molar-refractivity contribution in [1.29, 1.82) is 0 Å². The minimum absolute atomic E-state index is 0.212. The molecule has 0 spiro atoms. The van der Waals surface area contributed by atoms with E-state index in [9.17, 15) is 4.79 Å². The van der Waals surface area contributed by atoms with Crippen LogP contribution < -0.4 is 15.4 Å². The summed E-state index contributed by atoms with van der Waals surface area (Å²) in [7, 11) is 0. The van der Waals surface area contributed by atoms with Gasteiger partial charge in [-0.1, -0.05) is 31.2 Å². The van der Waals surface area contributed by atoms with Crippen LogP contribution in [-0.2, 0) is 0 Å². The second kappa shape index (κ2) is 8.67. The lowest BCUT2D eigenvalue weighted by molar-refractivity contribution is 0.102. The van der Waals surface area contributed by atoms with Gasteiger partial charge < -0.3 is 15.4 Å². The lowest BCUT2D eigenvalue weighted by Gasteiger charge is -2.09. The Labute approximate surface area is 153 Å². The molecule has 3 aromatic rings. The van der Waals surface area contributed by atoms with E-state index in [1.807, 2.05) is 42.5 Å². The zero-order valence-corrected chi connectivity index (χ0v) is 14.6. The van der Waals surface area contributed by atoms with Crippen molar-refractivity contribution in [3.63, 3.8) is 0 Å². The van der Waals surface area contributed by atoms with Crippen LogP contribution in [0.1, 0.15) is 23.7 Å². The van der Waals surface area contributed by atoms with E-state index < -0.39 is 0 Å². The Bertz CT molecular complexity index is 849. The van der Waals surface area contributed by atoms with E-state index in [1.165, 1.54) is 0 Å². The van der Waals surface area contributed by atoms with Gasteiger partial charge in [0, 0.05) is 11.3 Å². The largest absolute Gasteiger partial charge is 0.494 e. The minimum Gasteiger partial charge on any atom is -0.494 e. The number of para-hydroxylation sites is 1. The fraction of sp³-hybridized carbons (Fsp3) is 0.143. The van der Waals surface area contributed by atoms with Crippen LogP contribution in [0.5, 0.6) is 5.75 Å². The molecule has 0 bridgehead atoms. The molecule has 5 heteroatoms. The Hall–Kier alpha value is -3.34. The second-order valence-electron chi connectivity index (χ2n) is 5.73. The minimum atomic E-state index is -0.212. The Kier molecular flexibility index (Phi) is 5.83. The molecule has 0 atom stereocenters. The van der Waals surface area contributed by atoms with Crippen LogP contribution in [0.3, 0.4) is 0 Å². The first-order valence-electron chi connectivity index (χ1n) is 8.58. The van der Waals surface area contributed by atoms with Crippen LogP contribution in [0.4, 0.5) is 17.3 Å². The van der Waals surface area contributed by atoms with Gasteiger partial charge in [-0.3, -0.25) is 4.79 Å². The second-order valence-corrected chi connectivity index (χ2v) is 5.73. The van der Waals surface area contributed by atoms with Gasteiger partial charge in [-0.05, 0) is 55.0 Å². The van der Waals surface area contributed by atoms with Crippen molar-refractivity contribution >= 4 is 23.2 Å². The monoisotopic (exact) mass is 347 g/mol. The molecule has 0 radical (unpaired) electrons. The molecule has 0 fully saturated rings. The molecule has 3 rings (SSSR count). The van der Waals surface area contributed by atoms with Crippen LogP contribution in [-0.4, -0.2) is 17.5 Å². The molecule has 0 saturated heterocycles. The van der Waals surface area contributed by atoms with Crippen molar-refractivity contribution in [3.05, 3.63) is 78.4 Å². The number of rotatable bonds is 7. The summed E-state index contributed by atoms with van der Waals surface area (Å²) in [4.78, 5) is 16.8. The molecule has 132 valence electrons. The molecule has 1 heterocycles. The standard InChI is InChI=1S/C21H21N3O2/c1-2-15-26-18-13-11-16(12-14-18)21(25)24-20-10-6-9-19(23-20)22-17-7-4-3-5-8-17/h3-14H,2,15H2,1H3,(H2,22,23,24,25). The van der Waals surface area contributed by atoms with E-state index in [2.05, 4.69) is 22.5 Å². The van der Waals surface area contributed by atoms with E-state index in [-0.39, 0.29) is 5.91 Å². The number of nitrogens with one attached hydrogen (secondary N) is 2. The Morgan fingerprint density at radius 2 is 1.65 bits per heavy atom. The van der Waals surface area contributed by atoms with Crippen LogP contribution in [0.2, 0.25) is 0 Å². The van der Waals surface area contributed by atoms with E-state index in [1.54, 1.807) is 30.3 Å². The van der Waals surface area contributed by atoms with Crippen LogP contribution >= 0.6 is 0 Å². The number of anilines is 3. The van der Waals surface area contributed by atoms with Gasteiger partial charge in [0.15, 0.2) is 0 Å². The third-order valence-electron chi connectivity index (χ3n) is 3.63. The fourth-order valence-electron chi connectivity index (χ4n) is 2.35. The van der Waals surface area contributed by atoms with E-state index in [0.717, 1.165) is 17.9 Å². The summed E-state index contributed by atoms with van der Waals surface area (Å²) in [6.45, 7) is 2.71. The average molecular weight is 347 g/mol. The highest BCUT2D eigenvalue weighted by molar-refractivity contribution is 6.03. The number of hydrogen-bond donors (Lipinski definition) is 2. The Morgan fingerprint density at radius 1 is 0.923 bits per heavy atom. The lowest BCUT2D eigenvalue weighted by atomic mass is 10.2. The lowest BCUT2D eigenvalue weighted by Crippen LogP contribution is -2.13. The van der Waals surface area contributed by atoms with Gasteiger partial charge >= 0.3 is 0 Å². The first-order chi connectivity index (χ1) is 12.7. The number of amides is 1. The van der Waals surface area contributed by atoms with Gasteiger partial charge in [0.1, 0.15) is 17.4 Å². The summed E-state index contributed by atoms with van der Waals surface area (Å²) in [6, 6.07) is 22.3. The van der Waals surface area contributed by atoms with Gasteiger partial charge in [-0.15, -0.1) is 0 Å². The number of hydrogen-bond acceptors (Lipinski definition) is 4. The van der Waals surface area contributed by atoms with Crippen LogP contribution in [0, 0.1) is 0 Å². The quantitative estimate of drug-likeness (QED) is 0.640. The molecular formula is C21H21N3O2. The van der Waals surface area contributed by atoms with Crippen molar-refractivity contribution in [2.75, 3.05) is 17.2 Å². The Balaban J connectivity index is 1.64. The molecule has 26 heavy (non-hydrogen) atoms. The van der Waals surface area contributed by atoms with Crippen molar-refractivity contribution in [2.45, 2.75) is 13.3 Å². The summed E-state index contributed by atoms with van der Waals surface area (Å²) in [5.74, 6) is 1.70. The maximum absolute atomic E-state index is 12.4. The molecule has 0 aliphatic carbocycles. The number of pyridine rings is 1. The maximum Gasteiger partial charge on any atom is 0.256 e. The normalized spacial score (nSPS) is 10.2. The van der Waals surface area contributed by atoms with Crippen molar-refractivity contribution in [1.82, 2.24) is 4.98 Å². The van der Waals surface area contributed by atoms with Gasteiger partial charge in [-0.25, -0.2) is 4.98 Å². The van der Waals surface area contributed by atoms with E-state index >= 15 is 0 Å². The summed E-state index contributed by atoms with van der Waals surface area (Å²) in [5, 5.41) is 6.02. The Morgan fingerprint density at radius 3 is 2.38 bits per heavy atom. The third-order valence-corrected chi connectivity index (χ3v) is 3.63. The third kappa shape index (κ3) is 4.83. The molecule has 1 amide bonds. The zero-order chi connectivity index (χ0) is 18.2. The molecular weight excluding hydrogens is 326 g/mol. The molecule has 2 N–H and O–H groups in total. The highest BCUT2D eigenvalue weighted by Crippen LogP contribution is 2.17. The van der Waals surface area contributed by atoms with Crippen LogP contribution in [0.25, 0.3) is 0 Å². The number of ether oxygens (including phenoxy) is 1. The number of carbonyl (C=O) groups excluding carboxylic acids is 1. The molecule has 0 aliphatic heterocycles. The van der Waals surface area contributed by atoms with Crippen molar-refractivity contribution < 1.29 is 9.53 Å². The van der Waals surface area contributed by atoms with Gasteiger partial charge in [0.05, 0.1) is 6.61 Å². The van der Waals surface area contributed by atoms with Gasteiger partial charge in [0.2, 0.25) is 0 Å². The number of nitrogens with zero attached hydrogens (tertiary/aromatic N) is 1. The van der Waals surface area contributed by atoms with E-state index in [0.29, 0.717) is 23.8 Å². The predicted octanol–water partition coefficient (Wildman–Crippen LogP) is 4.87. The smallest absolute Gasteiger partial charge is 0.256 e. The van der Waals surface area contributed by atoms with Crippen molar-refractivity contribution in [2.24, 2.45) is 0 Å². The van der Waals surface area contributed by atoms with Gasteiger partial charge in [-0.2, -0.15) is 0 Å². The highest BCUT2D eigenvalue weighted by atomic mass is 16.5. The SMILES string of the molecule is CCCOc1ccc(C(=O)Nc2cccc(Nc3ccccc3)n2)cc1. The molecule has 0 aliphatic rings. The number of benzene rings is 2. The van der Waals surface area contributed by atoms with Crippen LogP contribution in [0.15, 0.2) is 72.8 Å². The maximum atomic E-state index is 12.4. The summed E-state index contributed by atoms with van der Waals surface area (Å²) in [6.07, 6.45) is 0.946. The summed E-state index contributed by atoms with van der Waals surface area (Å²) >= 11 is 0. The first kappa shape index (κ1) is 17.5. The average Bonchev–Trinajstić information content (AvgIpc) is 2.68. The molecule has 1 aromatic heterocycles. The summed E-state index contributed by atoms with van der Waals surface area (Å²) in [5.41, 5.74) is 1.49. The predicted molar refractivity (Wildman–Crippen MR) is 104 cm³/mol. The first-order valence-corrected chi connectivity index (χ1v) is 8.58. The van der Waals surface area contributed by atoms with Gasteiger partial charge in [0.25, 0.3) is 5.91 Å². The zero-order valence-electron chi connectivity index (χ0n) is 14.6. The molecule has 0 saturated carbocycles. The number of aromatic nitrogens is 1. The molecule has 0 unspecified atom stereocenters. The summed E-state index contributed by atoms with van der Waals surface area (Å²) < 4.78 is 5.53. The topological polar surface area (TPSA) is 63.2 Å². The fourth-order valence-corrected chi connectivity index (χ4v) is 2.35. The highest BCUT2D eigenvalue weighted by Gasteiger charge is 2.08. The van der Waals surface area contributed by atoms with Crippen molar-refractivity contribution in [3.8, 4) is 5.75 Å². The van der Waals surface area contributed by atoms with E-state index in [4.69, 9.17) is 4.74 Å². The molecule has 2 aromatic carbocycles.